The molecule has 0 bridgehead atoms. The molecule has 0 nitrogen and oxygen atoms in total. The fraction of sp³-hybridized carbons (Fsp3) is 0.286. The van der Waals surface area contributed by atoms with Crippen molar-refractivity contribution in [2.24, 2.45) is 10.8 Å². The monoisotopic (exact) mass is 939 g/mol. The van der Waals surface area contributed by atoms with E-state index >= 15 is 0 Å². The molecule has 2 heteroatoms. The van der Waals surface area contributed by atoms with E-state index in [4.69, 9.17) is 0 Å². The molecule has 0 saturated carbocycles. The summed E-state index contributed by atoms with van der Waals surface area (Å²) in [6.45, 7) is 19.6. The zero-order valence-corrected chi connectivity index (χ0v) is 41.0. The van der Waals surface area contributed by atoms with E-state index in [1.807, 2.05) is 0 Å². The van der Waals surface area contributed by atoms with Gasteiger partial charge in [0.05, 0.1) is 0 Å². The van der Waals surface area contributed by atoms with E-state index in [2.05, 4.69) is 195 Å². The van der Waals surface area contributed by atoms with Gasteiger partial charge in [0.25, 0.3) is 0 Å². The summed E-state index contributed by atoms with van der Waals surface area (Å²) in [6.07, 6.45) is 9.90. The molecular formula is C56H59HfSi. The second kappa shape index (κ2) is 15.5. The molecule has 0 spiro atoms. The molecular weight excluding hydrogens is 879 g/mol. The molecule has 291 valence electrons. The van der Waals surface area contributed by atoms with Crippen molar-refractivity contribution >= 4 is 35.4 Å². The van der Waals surface area contributed by atoms with Crippen LogP contribution in [0.1, 0.15) is 109 Å². The van der Waals surface area contributed by atoms with Crippen LogP contribution in [0, 0.1) is 10.8 Å². The van der Waals surface area contributed by atoms with Gasteiger partial charge in [-0.15, -0.1) is 0 Å². The molecule has 2 atom stereocenters. The van der Waals surface area contributed by atoms with Crippen molar-refractivity contribution in [3.63, 3.8) is 0 Å². The number of benzene rings is 6. The molecule has 6 aromatic rings. The molecule has 0 aromatic heterocycles. The fourth-order valence-electron chi connectivity index (χ4n) is 10.7. The van der Waals surface area contributed by atoms with Crippen molar-refractivity contribution in [1.82, 2.24) is 0 Å². The summed E-state index contributed by atoms with van der Waals surface area (Å²) in [5.74, 6) is 0. The van der Waals surface area contributed by atoms with E-state index in [0.29, 0.717) is 7.35 Å². The Hall–Kier alpha value is -4.11. The average molecular weight is 939 g/mol. The molecule has 58 heavy (non-hydrogen) atoms. The third kappa shape index (κ3) is 6.77. The van der Waals surface area contributed by atoms with E-state index in [1.54, 1.807) is 36.0 Å². The number of fused-ring (bicyclic) bond motifs is 5. The van der Waals surface area contributed by atoms with Gasteiger partial charge in [0, 0.05) is 0 Å². The van der Waals surface area contributed by atoms with Crippen LogP contribution in [0.15, 0.2) is 139 Å². The summed E-state index contributed by atoms with van der Waals surface area (Å²) in [6, 6.07) is 50.1. The molecule has 1 aliphatic heterocycles. The quantitative estimate of drug-likeness (QED) is 0.127. The summed E-state index contributed by atoms with van der Waals surface area (Å²) < 4.78 is 2.65. The summed E-state index contributed by atoms with van der Waals surface area (Å²) in [5.41, 5.74) is 21.2. The van der Waals surface area contributed by atoms with Gasteiger partial charge in [-0.2, -0.15) is 0 Å². The molecule has 3 aliphatic rings. The third-order valence-corrected chi connectivity index (χ3v) is 29.5. The van der Waals surface area contributed by atoms with E-state index in [0.717, 1.165) is 25.7 Å². The first kappa shape index (κ1) is 39.4. The van der Waals surface area contributed by atoms with Crippen LogP contribution in [0.3, 0.4) is 0 Å². The normalized spacial score (nSPS) is 17.1. The summed E-state index contributed by atoms with van der Waals surface area (Å²) in [7, 11) is -0.646. The van der Waals surface area contributed by atoms with Gasteiger partial charge < -0.3 is 0 Å². The van der Waals surface area contributed by atoms with Crippen LogP contribution in [0.25, 0.3) is 45.5 Å². The van der Waals surface area contributed by atoms with Gasteiger partial charge >= 0.3 is 361 Å². The van der Waals surface area contributed by atoms with Crippen molar-refractivity contribution in [1.29, 1.82) is 0 Å². The first-order chi connectivity index (χ1) is 28.0. The van der Waals surface area contributed by atoms with Crippen LogP contribution in [0.5, 0.6) is 0 Å². The van der Waals surface area contributed by atoms with Crippen LogP contribution < -0.4 is 13.7 Å². The van der Waals surface area contributed by atoms with Crippen LogP contribution in [0.4, 0.5) is 0 Å². The maximum atomic E-state index is 2.70. The van der Waals surface area contributed by atoms with Crippen LogP contribution >= 0.6 is 0 Å². The molecule has 1 heterocycles. The Bertz CT molecular complexity index is 2470. The summed E-state index contributed by atoms with van der Waals surface area (Å²) >= 11 is -3.25. The molecule has 6 aromatic carbocycles. The molecule has 2 aliphatic carbocycles. The Morgan fingerprint density at radius 1 is 0.466 bits per heavy atom. The molecule has 0 fully saturated rings. The predicted molar refractivity (Wildman–Crippen MR) is 251 cm³/mol. The first-order valence-corrected chi connectivity index (χ1v) is 29.3. The Morgan fingerprint density at radius 3 is 1.40 bits per heavy atom. The van der Waals surface area contributed by atoms with Crippen LogP contribution in [-0.2, 0) is 34.3 Å². The Labute approximate surface area is 358 Å². The van der Waals surface area contributed by atoms with Crippen LogP contribution in [0.2, 0.25) is 0 Å². The van der Waals surface area contributed by atoms with Crippen molar-refractivity contribution in [3.8, 4) is 33.4 Å². The van der Waals surface area contributed by atoms with E-state index in [-0.39, 0.29) is 10.8 Å². The molecule has 2 unspecified atom stereocenters. The minimum atomic E-state index is -3.25. The van der Waals surface area contributed by atoms with Gasteiger partial charge in [0.15, 0.2) is 0 Å². The first-order valence-electron chi connectivity index (χ1n) is 21.9. The number of allylic oxidation sites excluding steroid dienone is 2. The second-order valence-electron chi connectivity index (χ2n) is 19.1. The molecule has 0 radical (unpaired) electrons. The number of hydrogen-bond donors (Lipinski definition) is 0. The summed E-state index contributed by atoms with van der Waals surface area (Å²) in [5, 5.41) is 3.38. The SMILES string of the molecule is CCCc1ccccc1-c1cccc2c1C=C(C(C)(C)C)[CH]2[Hf]([c]1cccc2c1[SiH2]c1ccccc1-2)[CH]1C(C(C)(C)C)=Cc2c(-c3ccccc3CCC)cccc21. The maximum absolute atomic E-state index is 3.25. The van der Waals surface area contributed by atoms with Crippen molar-refractivity contribution in [2.45, 2.75) is 88.4 Å². The van der Waals surface area contributed by atoms with Gasteiger partial charge in [0.1, 0.15) is 0 Å². The fourth-order valence-corrected chi connectivity index (χ4v) is 31.8. The van der Waals surface area contributed by atoms with Gasteiger partial charge in [-0.1, -0.05) is 0 Å². The van der Waals surface area contributed by atoms with Crippen molar-refractivity contribution in [3.05, 3.63) is 172 Å². The zero-order valence-electron chi connectivity index (χ0n) is 36.0. The van der Waals surface area contributed by atoms with Crippen LogP contribution in [-0.4, -0.2) is 9.52 Å². The second-order valence-corrected chi connectivity index (χ2v) is 30.3. The Morgan fingerprint density at radius 2 is 0.897 bits per heavy atom. The van der Waals surface area contributed by atoms with Gasteiger partial charge in [0.2, 0.25) is 0 Å². The molecule has 0 amide bonds. The number of rotatable bonds is 9. The number of aryl methyl sites for hydroxylation is 2. The third-order valence-electron chi connectivity index (χ3n) is 13.3. The minimum absolute atomic E-state index is 0.0200. The Kier molecular flexibility index (Phi) is 10.5. The molecule has 0 N–H and O–H groups in total. The zero-order chi connectivity index (χ0) is 40.3. The van der Waals surface area contributed by atoms with Gasteiger partial charge in [-0.3, -0.25) is 0 Å². The molecule has 0 saturated heterocycles. The van der Waals surface area contributed by atoms with E-state index in [1.165, 1.54) is 55.6 Å². The van der Waals surface area contributed by atoms with Gasteiger partial charge in [-0.05, 0) is 0 Å². The van der Waals surface area contributed by atoms with Gasteiger partial charge in [-0.25, -0.2) is 0 Å². The van der Waals surface area contributed by atoms with E-state index < -0.39 is 31.0 Å². The Balaban J connectivity index is 1.34. The van der Waals surface area contributed by atoms with E-state index in [9.17, 15) is 0 Å². The predicted octanol–water partition coefficient (Wildman–Crippen LogP) is 12.6. The average Bonchev–Trinajstić information content (AvgIpc) is 3.92. The van der Waals surface area contributed by atoms with Crippen molar-refractivity contribution in [2.75, 3.05) is 0 Å². The standard InChI is InChI=1S/2C22H25.C12H9Si.Hf/c2*1-5-9-16-10-6-7-12-19(16)20-13-8-11-17-14-18(15-21(17)20)22(2,3)4;1-3-7-11-9(5-1)10-6-2-4-8-12(10)13-11;/h2*6-8,10-15H,5,9H2,1-4H3;1-7H,13H2;. The number of hydrogen-bond acceptors (Lipinski definition) is 0. The van der Waals surface area contributed by atoms with Crippen molar-refractivity contribution < 1.29 is 21.4 Å². The molecule has 9 rings (SSSR count). The summed E-state index contributed by atoms with van der Waals surface area (Å²) in [4.78, 5) is 0. The topological polar surface area (TPSA) is 0 Å².